The van der Waals surface area contributed by atoms with Gasteiger partial charge in [0.15, 0.2) is 18.1 Å². The first kappa shape index (κ1) is 19.7. The molecule has 2 aromatic rings. The van der Waals surface area contributed by atoms with Gasteiger partial charge in [0.2, 0.25) is 0 Å². The lowest BCUT2D eigenvalue weighted by molar-refractivity contribution is -0.119. The van der Waals surface area contributed by atoms with E-state index >= 15 is 0 Å². The maximum absolute atomic E-state index is 13.0. The molecule has 7 heteroatoms. The van der Waals surface area contributed by atoms with E-state index < -0.39 is 5.91 Å². The smallest absolute Gasteiger partial charge is 0.255 e. The van der Waals surface area contributed by atoms with Crippen molar-refractivity contribution in [3.05, 3.63) is 59.7 Å². The maximum Gasteiger partial charge on any atom is 0.255 e. The zero-order chi connectivity index (χ0) is 20.1. The minimum absolute atomic E-state index is 0.0865. The fourth-order valence-electron chi connectivity index (χ4n) is 3.61. The Morgan fingerprint density at radius 3 is 2.50 bits per heavy atom. The highest BCUT2D eigenvalue weighted by atomic mass is 16.5. The number of rotatable bonds is 7. The van der Waals surface area contributed by atoms with Crippen LogP contribution in [-0.4, -0.2) is 50.1 Å². The number of hydrogen-bond donors (Lipinski definition) is 2. The summed E-state index contributed by atoms with van der Waals surface area (Å²) in [4.78, 5) is 25.8. The lowest BCUT2D eigenvalue weighted by Gasteiger charge is -2.18. The summed E-state index contributed by atoms with van der Waals surface area (Å²) in [6, 6.07) is 15.0. The van der Waals surface area contributed by atoms with Crippen LogP contribution in [-0.2, 0) is 4.79 Å². The number of hydrogen-bond acceptors (Lipinski definition) is 5. The lowest BCUT2D eigenvalue weighted by Crippen LogP contribution is -2.29. The summed E-state index contributed by atoms with van der Waals surface area (Å²) < 4.78 is 10.6. The second-order valence-electron chi connectivity index (χ2n) is 6.84. The molecule has 1 aliphatic rings. The van der Waals surface area contributed by atoms with Crippen LogP contribution in [0, 0.1) is 5.92 Å². The molecule has 2 amide bonds. The van der Waals surface area contributed by atoms with Crippen LogP contribution in [0.25, 0.3) is 0 Å². The van der Waals surface area contributed by atoms with E-state index in [1.54, 1.807) is 18.2 Å². The van der Waals surface area contributed by atoms with Crippen molar-refractivity contribution in [2.75, 3.05) is 33.4 Å². The Morgan fingerprint density at radius 2 is 1.86 bits per heavy atom. The van der Waals surface area contributed by atoms with Crippen molar-refractivity contribution in [3.63, 3.8) is 0 Å². The van der Waals surface area contributed by atoms with Crippen LogP contribution in [0.3, 0.4) is 0 Å². The Morgan fingerprint density at radius 1 is 1.11 bits per heavy atom. The summed E-state index contributed by atoms with van der Waals surface area (Å²) in [5.74, 6) is 0.500. The summed E-state index contributed by atoms with van der Waals surface area (Å²) in [6.45, 7) is 1.49. The van der Waals surface area contributed by atoms with E-state index in [9.17, 15) is 9.59 Å². The first-order valence-corrected chi connectivity index (χ1v) is 9.17. The normalized spacial score (nSPS) is 18.7. The van der Waals surface area contributed by atoms with Gasteiger partial charge in [-0.25, -0.2) is 0 Å². The van der Waals surface area contributed by atoms with Gasteiger partial charge in [0.05, 0.1) is 7.11 Å². The predicted octanol–water partition coefficient (Wildman–Crippen LogP) is 1.37. The van der Waals surface area contributed by atoms with E-state index in [0.29, 0.717) is 36.7 Å². The third-order valence-corrected chi connectivity index (χ3v) is 5.04. The topological polar surface area (TPSA) is 108 Å². The Balaban J connectivity index is 1.77. The summed E-state index contributed by atoms with van der Waals surface area (Å²) in [5, 5.41) is 0. The molecular weight excluding hydrogens is 358 g/mol. The Kier molecular flexibility index (Phi) is 6.16. The van der Waals surface area contributed by atoms with E-state index in [1.165, 1.54) is 12.7 Å². The summed E-state index contributed by atoms with van der Waals surface area (Å²) >= 11 is 0. The van der Waals surface area contributed by atoms with Crippen LogP contribution >= 0.6 is 0 Å². The van der Waals surface area contributed by atoms with Gasteiger partial charge in [0, 0.05) is 24.6 Å². The molecule has 0 aliphatic carbocycles. The molecule has 0 spiro atoms. The third-order valence-electron chi connectivity index (χ3n) is 5.04. The number of carbonyl (C=O) groups excluding carboxylic acids is 2. The predicted molar refractivity (Wildman–Crippen MR) is 105 cm³/mol. The van der Waals surface area contributed by atoms with Crippen molar-refractivity contribution in [2.45, 2.75) is 5.92 Å². The highest BCUT2D eigenvalue weighted by molar-refractivity contribution is 5.95. The van der Waals surface area contributed by atoms with E-state index in [4.69, 9.17) is 20.9 Å². The first-order chi connectivity index (χ1) is 13.5. The Bertz CT molecular complexity index is 841. The molecule has 0 aromatic heterocycles. The van der Waals surface area contributed by atoms with Crippen molar-refractivity contribution < 1.29 is 19.1 Å². The number of nitrogens with zero attached hydrogens (tertiary/aromatic N) is 1. The van der Waals surface area contributed by atoms with Gasteiger partial charge >= 0.3 is 0 Å². The van der Waals surface area contributed by atoms with Gasteiger partial charge in [0.1, 0.15) is 0 Å². The van der Waals surface area contributed by atoms with Crippen molar-refractivity contribution in [2.24, 2.45) is 17.4 Å². The van der Waals surface area contributed by atoms with Gasteiger partial charge in [-0.05, 0) is 36.2 Å². The van der Waals surface area contributed by atoms with Crippen molar-refractivity contribution >= 4 is 11.8 Å². The number of primary amides is 1. The summed E-state index contributed by atoms with van der Waals surface area (Å²) in [6.07, 6.45) is 0. The van der Waals surface area contributed by atoms with Gasteiger partial charge < -0.3 is 25.8 Å². The van der Waals surface area contributed by atoms with Crippen molar-refractivity contribution in [1.29, 1.82) is 0 Å². The monoisotopic (exact) mass is 383 g/mol. The molecule has 0 unspecified atom stereocenters. The SMILES string of the molecule is COc1cc(C(=O)N2C[C@@H](CN)[C@H](c3ccccc3)C2)ccc1OCC(N)=O. The average molecular weight is 383 g/mol. The molecule has 3 rings (SSSR count). The van der Waals surface area contributed by atoms with Crippen molar-refractivity contribution in [3.8, 4) is 11.5 Å². The maximum atomic E-state index is 13.0. The van der Waals surface area contributed by atoms with Crippen molar-refractivity contribution in [1.82, 2.24) is 4.90 Å². The third kappa shape index (κ3) is 4.26. The molecule has 2 aromatic carbocycles. The molecule has 7 nitrogen and oxygen atoms in total. The van der Waals surface area contributed by atoms with Crippen LogP contribution in [0.15, 0.2) is 48.5 Å². The lowest BCUT2D eigenvalue weighted by atomic mass is 9.89. The van der Waals surface area contributed by atoms with Gasteiger partial charge in [-0.2, -0.15) is 0 Å². The molecule has 4 N–H and O–H groups in total. The number of nitrogens with two attached hydrogens (primary N) is 2. The molecular formula is C21H25N3O4. The molecule has 1 aliphatic heterocycles. The molecule has 0 saturated carbocycles. The zero-order valence-corrected chi connectivity index (χ0v) is 15.8. The highest BCUT2D eigenvalue weighted by Crippen LogP contribution is 2.34. The molecule has 1 fully saturated rings. The second-order valence-corrected chi connectivity index (χ2v) is 6.84. The largest absolute Gasteiger partial charge is 0.493 e. The van der Waals surface area contributed by atoms with Crippen LogP contribution in [0.2, 0.25) is 0 Å². The zero-order valence-electron chi connectivity index (χ0n) is 15.8. The van der Waals surface area contributed by atoms with Gasteiger partial charge in [-0.1, -0.05) is 30.3 Å². The molecule has 0 bridgehead atoms. The number of methoxy groups -OCH3 is 1. The van der Waals surface area contributed by atoms with E-state index in [1.807, 2.05) is 23.1 Å². The van der Waals surface area contributed by atoms with Crippen LogP contribution < -0.4 is 20.9 Å². The van der Waals surface area contributed by atoms with Gasteiger partial charge in [-0.3, -0.25) is 9.59 Å². The molecule has 0 radical (unpaired) electrons. The molecule has 2 atom stereocenters. The highest BCUT2D eigenvalue weighted by Gasteiger charge is 2.35. The van der Waals surface area contributed by atoms with Gasteiger partial charge in [-0.15, -0.1) is 0 Å². The summed E-state index contributed by atoms with van der Waals surface area (Å²) in [5.41, 5.74) is 12.8. The van der Waals surface area contributed by atoms with E-state index in [0.717, 1.165) is 0 Å². The number of ether oxygens (including phenoxy) is 2. The standard InChI is InChI=1S/C21H25N3O4/c1-27-19-9-15(7-8-18(19)28-13-20(23)25)21(26)24-11-16(10-22)17(12-24)14-5-3-2-4-6-14/h2-9,16-17H,10-13,22H2,1H3,(H2,23,25)/t16-,17+/m1/s1. The Hall–Kier alpha value is -3.06. The van der Waals surface area contributed by atoms with Crippen LogP contribution in [0.5, 0.6) is 11.5 Å². The number of amides is 2. The average Bonchev–Trinajstić information content (AvgIpc) is 3.16. The fraction of sp³-hybridized carbons (Fsp3) is 0.333. The Labute approximate surface area is 164 Å². The minimum atomic E-state index is -0.584. The summed E-state index contributed by atoms with van der Waals surface area (Å²) in [7, 11) is 1.48. The molecule has 1 heterocycles. The van der Waals surface area contributed by atoms with Gasteiger partial charge in [0.25, 0.3) is 11.8 Å². The number of carbonyl (C=O) groups is 2. The number of benzene rings is 2. The molecule has 148 valence electrons. The van der Waals surface area contributed by atoms with Crippen LogP contribution in [0.4, 0.5) is 0 Å². The minimum Gasteiger partial charge on any atom is -0.493 e. The van der Waals surface area contributed by atoms with E-state index in [-0.39, 0.29) is 24.3 Å². The number of likely N-dealkylation sites (tertiary alicyclic amines) is 1. The molecule has 1 saturated heterocycles. The fourth-order valence-corrected chi connectivity index (χ4v) is 3.61. The van der Waals surface area contributed by atoms with E-state index in [2.05, 4.69) is 12.1 Å². The first-order valence-electron chi connectivity index (χ1n) is 9.17. The molecule has 28 heavy (non-hydrogen) atoms. The van der Waals surface area contributed by atoms with Crippen LogP contribution in [0.1, 0.15) is 21.8 Å². The second kappa shape index (κ2) is 8.75. The quantitative estimate of drug-likeness (QED) is 0.751.